The van der Waals surface area contributed by atoms with Gasteiger partial charge < -0.3 is 43.7 Å². The molecule has 0 amide bonds. The molecule has 6 saturated carbocycles. The topological polar surface area (TPSA) is 239 Å². The number of rotatable bonds is 24. The predicted octanol–water partition coefficient (Wildman–Crippen LogP) is 18.9. The maximum atomic E-state index is 12.2. The zero-order valence-corrected chi connectivity index (χ0v) is 65.8. The van der Waals surface area contributed by atoms with Crippen molar-refractivity contribution in [2.45, 2.75) is 291 Å². The van der Waals surface area contributed by atoms with Crippen molar-refractivity contribution >= 4 is 41.8 Å². The number of benzene rings is 2. The molecule has 14 atom stereocenters. The van der Waals surface area contributed by atoms with Gasteiger partial charge in [-0.25, -0.2) is 9.59 Å². The van der Waals surface area contributed by atoms with E-state index in [0.717, 1.165) is 61.2 Å². The quantitative estimate of drug-likeness (QED) is 0.0383. The molecule has 1 heterocycles. The first-order valence-corrected chi connectivity index (χ1v) is 37.8. The number of carboxylic acid groups (broad SMARTS) is 2. The fourth-order valence-electron chi connectivity index (χ4n) is 12.8. The lowest BCUT2D eigenvalue weighted by Gasteiger charge is -2.33. The maximum absolute atomic E-state index is 12.2. The lowest BCUT2D eigenvalue weighted by atomic mass is 9.80. The van der Waals surface area contributed by atoms with Crippen molar-refractivity contribution < 1.29 is 77.3 Å². The van der Waals surface area contributed by atoms with E-state index < -0.39 is 40.3 Å². The summed E-state index contributed by atoms with van der Waals surface area (Å²) >= 11 is 0. The largest absolute Gasteiger partial charge is 0.481 e. The number of aliphatic hydroxyl groups is 1. The molecular weight excluding hydrogens is 1260 g/mol. The summed E-state index contributed by atoms with van der Waals surface area (Å²) in [6, 6.07) is 21.3. The second-order valence-corrected chi connectivity index (χ2v) is 32.4. The summed E-state index contributed by atoms with van der Waals surface area (Å²) in [5, 5.41) is 26.4. The molecule has 14 unspecified atom stereocenters. The standard InChI is InChI=1S/2C16H26O2.C13H22O5.2C10H14.C7H10O3.2C6H12O2/c2*1-4-16(2,3)15(17)18-14-9-10-8-13(14)12-7-5-6-11(10)12;1-6-13(4,5)12(16)18-8-10(14)7-17-11(15)9(2)3;2*1-3-9(2)10-7-5-4-6-8-10;1-5(2)7(8)10-4-6-3-9-6;2*1-4-6(2,3)5(7)8/h2*10-14H,4-9H2,1-3H3;10,14H,2,6-8H2,1,3-5H3;2*4-9H,3H2,1-2H3;6H,1,3-4H2,2H3;2*4H2,1-3H3,(H,7,8). The van der Waals surface area contributed by atoms with E-state index in [1.165, 1.54) is 82.3 Å². The van der Waals surface area contributed by atoms with Gasteiger partial charge in [-0.05, 0) is 250 Å². The monoisotopic (exact) mass is 1400 g/mol. The first-order valence-electron chi connectivity index (χ1n) is 37.8. The normalized spacial score (nSPS) is 24.0. The summed E-state index contributed by atoms with van der Waals surface area (Å²) in [4.78, 5) is 78.2. The van der Waals surface area contributed by atoms with Gasteiger partial charge in [-0.2, -0.15) is 0 Å². The Kier molecular flexibility index (Phi) is 38.5. The third-order valence-electron chi connectivity index (χ3n) is 22.8. The highest BCUT2D eigenvalue weighted by molar-refractivity contribution is 5.87. The van der Waals surface area contributed by atoms with Gasteiger partial charge in [0.05, 0.1) is 33.7 Å². The predicted molar refractivity (Wildman–Crippen MR) is 398 cm³/mol. The van der Waals surface area contributed by atoms with Gasteiger partial charge in [-0.3, -0.25) is 24.0 Å². The van der Waals surface area contributed by atoms with E-state index in [-0.39, 0.29) is 71.8 Å². The fourth-order valence-corrected chi connectivity index (χ4v) is 12.8. The Bertz CT molecular complexity index is 2690. The number of ether oxygens (including phenoxy) is 6. The number of hydrogen-bond acceptors (Lipinski definition) is 14. The number of carbonyl (C=O) groups excluding carboxylic acids is 5. The fraction of sp³-hybridized carbons (Fsp3) is 0.726. The third-order valence-corrected chi connectivity index (χ3v) is 22.8. The third kappa shape index (κ3) is 29.5. The second-order valence-electron chi connectivity index (χ2n) is 32.4. The molecule has 1 saturated heterocycles. The lowest BCUT2D eigenvalue weighted by Crippen LogP contribution is -2.36. The zero-order valence-electron chi connectivity index (χ0n) is 65.8. The molecule has 0 radical (unpaired) electrons. The van der Waals surface area contributed by atoms with Crippen molar-refractivity contribution in [1.82, 2.24) is 0 Å². The van der Waals surface area contributed by atoms with Crippen LogP contribution in [0.1, 0.15) is 278 Å². The van der Waals surface area contributed by atoms with Crippen LogP contribution >= 0.6 is 0 Å². The molecule has 1 aliphatic heterocycles. The number of aliphatic hydroxyl groups excluding tert-OH is 1. The van der Waals surface area contributed by atoms with Gasteiger partial charge in [0, 0.05) is 11.1 Å². The Morgan fingerprint density at radius 2 is 0.790 bits per heavy atom. The Labute approximate surface area is 604 Å². The van der Waals surface area contributed by atoms with Crippen LogP contribution in [-0.2, 0) is 62.0 Å². The molecule has 9 rings (SSSR count). The molecule has 100 heavy (non-hydrogen) atoms. The van der Waals surface area contributed by atoms with E-state index in [1.54, 1.807) is 48.5 Å². The molecule has 0 aromatic heterocycles. The van der Waals surface area contributed by atoms with Gasteiger partial charge in [0.1, 0.15) is 44.2 Å². The molecule has 7 aliphatic rings. The average molecular weight is 1400 g/mol. The number of fused-ring (bicyclic) bond motifs is 10. The van der Waals surface area contributed by atoms with Crippen LogP contribution in [0.4, 0.5) is 0 Å². The van der Waals surface area contributed by atoms with Gasteiger partial charge in [0.15, 0.2) is 0 Å². The van der Waals surface area contributed by atoms with Gasteiger partial charge in [-0.15, -0.1) is 0 Å². The maximum Gasteiger partial charge on any atom is 0.333 e. The molecule has 7 fully saturated rings. The van der Waals surface area contributed by atoms with Crippen LogP contribution in [0.15, 0.2) is 85.0 Å². The first-order chi connectivity index (χ1) is 46.6. The van der Waals surface area contributed by atoms with Crippen molar-refractivity contribution in [2.75, 3.05) is 26.4 Å². The summed E-state index contributed by atoms with van der Waals surface area (Å²) in [6.07, 6.45) is 19.2. The van der Waals surface area contributed by atoms with Crippen LogP contribution in [-0.4, -0.2) is 108 Å². The molecule has 2 aromatic carbocycles. The van der Waals surface area contributed by atoms with Gasteiger partial charge in [-0.1, -0.05) is 149 Å². The smallest absolute Gasteiger partial charge is 0.333 e. The lowest BCUT2D eigenvalue weighted by molar-refractivity contribution is -0.164. The van der Waals surface area contributed by atoms with Crippen LogP contribution in [0.3, 0.4) is 0 Å². The first kappa shape index (κ1) is 90.2. The Balaban J connectivity index is 0.000000397. The molecule has 16 heteroatoms. The second kappa shape index (κ2) is 42.7. The van der Waals surface area contributed by atoms with Crippen molar-refractivity contribution in [3.8, 4) is 0 Å². The number of carboxylic acids is 2. The highest BCUT2D eigenvalue weighted by Crippen LogP contribution is 2.61. The minimum Gasteiger partial charge on any atom is -0.481 e. The van der Waals surface area contributed by atoms with Gasteiger partial charge in [0.2, 0.25) is 0 Å². The Hall–Kier alpha value is -5.87. The molecule has 6 aliphatic carbocycles. The summed E-state index contributed by atoms with van der Waals surface area (Å²) < 4.78 is 31.0. The zero-order chi connectivity index (χ0) is 76.1. The van der Waals surface area contributed by atoms with E-state index in [1.807, 2.05) is 48.5 Å². The van der Waals surface area contributed by atoms with Crippen molar-refractivity contribution in [2.24, 2.45) is 74.4 Å². The minimum absolute atomic E-state index is 0.0251. The molecule has 16 nitrogen and oxygen atoms in total. The van der Waals surface area contributed by atoms with Crippen LogP contribution in [0.2, 0.25) is 0 Å². The minimum atomic E-state index is -1.02. The molecule has 3 N–H and O–H groups in total. The van der Waals surface area contributed by atoms with E-state index in [9.17, 15) is 38.7 Å². The number of hydrogen-bond donors (Lipinski definition) is 3. The van der Waals surface area contributed by atoms with E-state index >= 15 is 0 Å². The van der Waals surface area contributed by atoms with E-state index in [0.29, 0.717) is 61.7 Å². The van der Waals surface area contributed by atoms with Gasteiger partial charge >= 0.3 is 41.8 Å². The number of aliphatic carboxylic acids is 2. The average Bonchev–Trinajstić information content (AvgIpc) is 1.60. The van der Waals surface area contributed by atoms with Crippen LogP contribution < -0.4 is 0 Å². The van der Waals surface area contributed by atoms with Crippen LogP contribution in [0, 0.1) is 74.4 Å². The van der Waals surface area contributed by atoms with E-state index in [4.69, 9.17) is 38.6 Å². The molecule has 2 aromatic rings. The molecule has 568 valence electrons. The number of carbonyl (C=O) groups is 7. The SMILES string of the molecule is C=C(C)C(=O)OCC(O)COC(=O)C(C)(C)CC.C=C(C)C(=O)OCC1CO1.CCC(C)(C)C(=O)O.CCC(C)(C)C(=O)O.CCC(C)(C)C(=O)OC1CC2CC1C1CCCC21.CCC(C)(C)C(=O)OC1CC2CC1C1CCCC21.CCC(C)c1ccccc1.CCC(C)c1ccccc1. The van der Waals surface area contributed by atoms with E-state index in [2.05, 4.69) is 115 Å². The summed E-state index contributed by atoms with van der Waals surface area (Å²) in [5.74, 6) is 5.57. The highest BCUT2D eigenvalue weighted by Gasteiger charge is 2.57. The van der Waals surface area contributed by atoms with Crippen LogP contribution in [0.5, 0.6) is 0 Å². The van der Waals surface area contributed by atoms with Crippen LogP contribution in [0.25, 0.3) is 0 Å². The van der Waals surface area contributed by atoms with Gasteiger partial charge in [0.25, 0.3) is 0 Å². The summed E-state index contributed by atoms with van der Waals surface area (Å²) in [5.41, 5.74) is 1.31. The number of esters is 5. The van der Waals surface area contributed by atoms with Crippen molar-refractivity contribution in [3.63, 3.8) is 0 Å². The van der Waals surface area contributed by atoms with Crippen molar-refractivity contribution in [1.29, 1.82) is 0 Å². The summed E-state index contributed by atoms with van der Waals surface area (Å²) in [6.45, 7) is 47.8. The Morgan fingerprint density at radius 1 is 0.470 bits per heavy atom. The molecular formula is C84H136O16. The highest BCUT2D eigenvalue weighted by atomic mass is 16.6. The van der Waals surface area contributed by atoms with Crippen molar-refractivity contribution in [3.05, 3.63) is 96.1 Å². The summed E-state index contributed by atoms with van der Waals surface area (Å²) in [7, 11) is 0. The number of epoxide rings is 1. The Morgan fingerprint density at radius 3 is 1.09 bits per heavy atom. The molecule has 0 spiro atoms. The molecule has 4 bridgehead atoms.